The van der Waals surface area contributed by atoms with Crippen LogP contribution in [0.15, 0.2) is 48.5 Å². The summed E-state index contributed by atoms with van der Waals surface area (Å²) < 4.78 is 2.18. The minimum atomic E-state index is -0.215. The summed E-state index contributed by atoms with van der Waals surface area (Å²) in [7, 11) is 0. The molecule has 2 N–H and O–H groups in total. The Morgan fingerprint density at radius 3 is 2.53 bits per heavy atom. The number of fused-ring (bicyclic) bond motifs is 4. The number of primary amides is 1. The number of aromatic nitrogens is 2. The van der Waals surface area contributed by atoms with Gasteiger partial charge in [0.15, 0.2) is 5.65 Å². The average Bonchev–Trinajstić information content (AvgIpc) is 3.30. The Morgan fingerprint density at radius 2 is 1.82 bits per heavy atom. The number of carbonyl (C=O) groups excluding carboxylic acids is 1. The van der Waals surface area contributed by atoms with Gasteiger partial charge in [-0.25, -0.2) is 4.98 Å². The van der Waals surface area contributed by atoms with E-state index < -0.39 is 0 Å². The molecule has 2 aromatic carbocycles. The zero-order chi connectivity index (χ0) is 25.5. The number of para-hydroxylation sites is 2. The van der Waals surface area contributed by atoms with Crippen LogP contribution in [0.2, 0.25) is 5.02 Å². The second-order valence-electron chi connectivity index (χ2n) is 10.1. The van der Waals surface area contributed by atoms with Gasteiger partial charge in [0.25, 0.3) is 0 Å². The van der Waals surface area contributed by atoms with Crippen molar-refractivity contribution < 1.29 is 4.79 Å². The van der Waals surface area contributed by atoms with Crippen molar-refractivity contribution in [1.29, 1.82) is 5.26 Å². The SMILES string of the molecule is C.N#Cc1c2c(c(N3CCC(C(N)=O)CC3)n3c1nc1ccccc13)CN(CCc1ccc(Cl)cc1)CC2. The van der Waals surface area contributed by atoms with E-state index in [9.17, 15) is 10.1 Å². The van der Waals surface area contributed by atoms with E-state index in [4.69, 9.17) is 22.3 Å². The Kier molecular flexibility index (Phi) is 7.29. The van der Waals surface area contributed by atoms with Crippen molar-refractivity contribution in [3.63, 3.8) is 0 Å². The number of rotatable bonds is 5. The van der Waals surface area contributed by atoms with Gasteiger partial charge in [0, 0.05) is 49.2 Å². The normalized spacial score (nSPS) is 16.3. The zero-order valence-corrected chi connectivity index (χ0v) is 21.4. The van der Waals surface area contributed by atoms with E-state index in [1.807, 2.05) is 30.3 Å². The van der Waals surface area contributed by atoms with Gasteiger partial charge in [0.05, 0.1) is 16.6 Å². The molecule has 0 unspecified atom stereocenters. The Bertz CT molecular complexity index is 1530. The highest BCUT2D eigenvalue weighted by Gasteiger charge is 2.32. The van der Waals surface area contributed by atoms with Crippen LogP contribution in [0.1, 0.15) is 42.5 Å². The summed E-state index contributed by atoms with van der Waals surface area (Å²) in [6, 6.07) is 18.6. The maximum Gasteiger partial charge on any atom is 0.220 e. The molecule has 196 valence electrons. The lowest BCUT2D eigenvalue weighted by Crippen LogP contribution is -2.41. The van der Waals surface area contributed by atoms with E-state index in [0.29, 0.717) is 5.56 Å². The topological polar surface area (TPSA) is 90.7 Å². The Balaban J connectivity index is 0.00000294. The number of halogens is 1. The molecule has 1 fully saturated rings. The molecule has 2 aliphatic rings. The molecular formula is C30H33ClN6O. The molecule has 6 rings (SSSR count). The Morgan fingerprint density at radius 1 is 1.08 bits per heavy atom. The van der Waals surface area contributed by atoms with Gasteiger partial charge >= 0.3 is 0 Å². The molecule has 0 spiro atoms. The van der Waals surface area contributed by atoms with Crippen molar-refractivity contribution in [2.75, 3.05) is 31.1 Å². The number of piperidine rings is 1. The fourth-order valence-corrected chi connectivity index (χ4v) is 6.06. The molecule has 4 heterocycles. The number of carbonyl (C=O) groups is 1. The summed E-state index contributed by atoms with van der Waals surface area (Å²) in [6.07, 6.45) is 3.22. The van der Waals surface area contributed by atoms with Gasteiger partial charge < -0.3 is 10.6 Å². The number of amides is 1. The molecule has 2 aliphatic heterocycles. The summed E-state index contributed by atoms with van der Waals surface area (Å²) in [5.41, 5.74) is 12.5. The number of hydrogen-bond acceptors (Lipinski definition) is 5. The first-order valence-corrected chi connectivity index (χ1v) is 13.3. The van der Waals surface area contributed by atoms with Crippen molar-refractivity contribution >= 4 is 40.0 Å². The summed E-state index contributed by atoms with van der Waals surface area (Å²) >= 11 is 6.07. The number of imidazole rings is 1. The maximum atomic E-state index is 11.8. The van der Waals surface area contributed by atoms with E-state index in [0.717, 1.165) is 91.5 Å². The molecule has 0 aliphatic carbocycles. The van der Waals surface area contributed by atoms with Crippen molar-refractivity contribution in [2.45, 2.75) is 39.7 Å². The van der Waals surface area contributed by atoms with Gasteiger partial charge in [-0.2, -0.15) is 5.26 Å². The lowest BCUT2D eigenvalue weighted by Gasteiger charge is -2.38. The van der Waals surface area contributed by atoms with Crippen LogP contribution in [-0.4, -0.2) is 46.4 Å². The van der Waals surface area contributed by atoms with Crippen LogP contribution in [0.5, 0.6) is 0 Å². The Hall–Kier alpha value is -3.60. The van der Waals surface area contributed by atoms with Gasteiger partial charge in [0.2, 0.25) is 5.91 Å². The molecule has 0 bridgehead atoms. The van der Waals surface area contributed by atoms with Crippen LogP contribution in [0.3, 0.4) is 0 Å². The molecular weight excluding hydrogens is 496 g/mol. The van der Waals surface area contributed by atoms with Gasteiger partial charge in [-0.3, -0.25) is 14.1 Å². The average molecular weight is 529 g/mol. The van der Waals surface area contributed by atoms with E-state index in [1.165, 1.54) is 11.1 Å². The van der Waals surface area contributed by atoms with Crippen LogP contribution in [0, 0.1) is 17.2 Å². The second kappa shape index (κ2) is 10.6. The molecule has 1 amide bonds. The highest BCUT2D eigenvalue weighted by atomic mass is 35.5. The molecule has 38 heavy (non-hydrogen) atoms. The highest BCUT2D eigenvalue weighted by molar-refractivity contribution is 6.30. The number of pyridine rings is 1. The quantitative estimate of drug-likeness (QED) is 0.396. The summed E-state index contributed by atoms with van der Waals surface area (Å²) in [4.78, 5) is 21.6. The summed E-state index contributed by atoms with van der Waals surface area (Å²) in [6.45, 7) is 4.09. The van der Waals surface area contributed by atoms with Gasteiger partial charge in [-0.05, 0) is 61.1 Å². The van der Waals surface area contributed by atoms with E-state index in [2.05, 4.69) is 38.5 Å². The number of benzene rings is 2. The lowest BCUT2D eigenvalue weighted by molar-refractivity contribution is -0.122. The fraction of sp³-hybridized carbons (Fsp3) is 0.367. The molecule has 8 heteroatoms. The number of nitrogens with two attached hydrogens (primary N) is 1. The van der Waals surface area contributed by atoms with Crippen LogP contribution in [0.25, 0.3) is 16.7 Å². The highest BCUT2D eigenvalue weighted by Crippen LogP contribution is 2.38. The summed E-state index contributed by atoms with van der Waals surface area (Å²) in [5, 5.41) is 11.0. The monoisotopic (exact) mass is 528 g/mol. The smallest absolute Gasteiger partial charge is 0.220 e. The molecule has 0 saturated carbocycles. The largest absolute Gasteiger partial charge is 0.369 e. The molecule has 0 atom stereocenters. The van der Waals surface area contributed by atoms with Gasteiger partial charge in [-0.15, -0.1) is 0 Å². The van der Waals surface area contributed by atoms with Crippen LogP contribution in [0.4, 0.5) is 5.82 Å². The number of nitriles is 1. The lowest BCUT2D eigenvalue weighted by atomic mass is 9.92. The minimum Gasteiger partial charge on any atom is -0.369 e. The number of hydrogen-bond donors (Lipinski definition) is 1. The van der Waals surface area contributed by atoms with Crippen molar-refractivity contribution in [1.82, 2.24) is 14.3 Å². The first-order chi connectivity index (χ1) is 18.0. The minimum absolute atomic E-state index is 0. The van der Waals surface area contributed by atoms with E-state index in [1.54, 1.807) is 0 Å². The standard InChI is InChI=1S/C29H29ClN6O.CH4/c30-21-7-5-19(6-8-21)9-13-34-14-12-22-23(17-31)28-33-25-3-1-2-4-26(25)36(28)29(24(22)18-34)35-15-10-20(11-16-35)27(32)37;/h1-8,20H,9-16,18H2,(H2,32,37);1H4. The second-order valence-corrected chi connectivity index (χ2v) is 10.5. The summed E-state index contributed by atoms with van der Waals surface area (Å²) in [5.74, 6) is 0.807. The first kappa shape index (κ1) is 26.0. The third kappa shape index (κ3) is 4.59. The van der Waals surface area contributed by atoms with Crippen LogP contribution in [-0.2, 0) is 24.2 Å². The zero-order valence-electron chi connectivity index (χ0n) is 20.7. The van der Waals surface area contributed by atoms with Crippen molar-refractivity contribution in [3.05, 3.63) is 75.8 Å². The Labute approximate surface area is 228 Å². The number of anilines is 1. The molecule has 7 nitrogen and oxygen atoms in total. The van der Waals surface area contributed by atoms with Crippen molar-refractivity contribution in [3.8, 4) is 6.07 Å². The molecule has 0 radical (unpaired) electrons. The fourth-order valence-electron chi connectivity index (χ4n) is 5.93. The van der Waals surface area contributed by atoms with Gasteiger partial charge in [0.1, 0.15) is 11.9 Å². The third-order valence-corrected chi connectivity index (χ3v) is 8.18. The molecule has 4 aromatic rings. The van der Waals surface area contributed by atoms with Crippen molar-refractivity contribution in [2.24, 2.45) is 11.7 Å². The third-order valence-electron chi connectivity index (χ3n) is 7.93. The first-order valence-electron chi connectivity index (χ1n) is 12.9. The van der Waals surface area contributed by atoms with Crippen LogP contribution >= 0.6 is 11.6 Å². The number of nitrogens with zero attached hydrogens (tertiary/aromatic N) is 5. The van der Waals surface area contributed by atoms with Crippen LogP contribution < -0.4 is 10.6 Å². The van der Waals surface area contributed by atoms with E-state index in [-0.39, 0.29) is 19.3 Å². The molecule has 1 saturated heterocycles. The van der Waals surface area contributed by atoms with E-state index >= 15 is 0 Å². The molecule has 2 aromatic heterocycles. The predicted octanol–water partition coefficient (Wildman–Crippen LogP) is 4.95. The predicted molar refractivity (Wildman–Crippen MR) is 152 cm³/mol. The maximum absolute atomic E-state index is 11.8. The van der Waals surface area contributed by atoms with Gasteiger partial charge in [-0.1, -0.05) is 43.3 Å².